The van der Waals surface area contributed by atoms with Gasteiger partial charge in [0.05, 0.1) is 5.56 Å². The van der Waals surface area contributed by atoms with Crippen molar-refractivity contribution in [2.45, 2.75) is 33.1 Å². The zero-order valence-electron chi connectivity index (χ0n) is 11.9. The van der Waals surface area contributed by atoms with Crippen molar-refractivity contribution in [1.29, 1.82) is 0 Å². The molecule has 0 bridgehead atoms. The van der Waals surface area contributed by atoms with Crippen LogP contribution in [-0.4, -0.2) is 16.5 Å². The van der Waals surface area contributed by atoms with Crippen molar-refractivity contribution in [1.82, 2.24) is 9.97 Å². The van der Waals surface area contributed by atoms with Crippen LogP contribution in [0.3, 0.4) is 0 Å². The summed E-state index contributed by atoms with van der Waals surface area (Å²) in [5.41, 5.74) is 4.51. The average molecular weight is 269 g/mol. The molecule has 0 spiro atoms. The maximum atomic E-state index is 12.1. The molecule has 0 saturated carbocycles. The first-order valence-electron chi connectivity index (χ1n) is 7.05. The number of nitrogens with zero attached hydrogens (tertiary/aromatic N) is 1. The molecule has 0 radical (unpaired) electrons. The van der Waals surface area contributed by atoms with E-state index in [9.17, 15) is 4.79 Å². The number of rotatable bonds is 2. The fourth-order valence-electron chi connectivity index (χ4n) is 2.59. The molecule has 0 amide bonds. The number of H-pyrrole nitrogens is 1. The van der Waals surface area contributed by atoms with Gasteiger partial charge in [-0.3, -0.25) is 4.79 Å². The molecular weight excluding hydrogens is 250 g/mol. The monoisotopic (exact) mass is 269 g/mol. The minimum absolute atomic E-state index is 0.000957. The summed E-state index contributed by atoms with van der Waals surface area (Å²) in [7, 11) is 0. The Labute approximate surface area is 118 Å². The second-order valence-electron chi connectivity index (χ2n) is 5.47. The predicted octanol–water partition coefficient (Wildman–Crippen LogP) is 2.34. The van der Waals surface area contributed by atoms with Gasteiger partial charge in [0.2, 0.25) is 0 Å². The van der Waals surface area contributed by atoms with Crippen LogP contribution in [0.5, 0.6) is 0 Å². The van der Waals surface area contributed by atoms with Crippen molar-refractivity contribution in [3.8, 4) is 0 Å². The van der Waals surface area contributed by atoms with Crippen LogP contribution >= 0.6 is 0 Å². The van der Waals surface area contributed by atoms with Crippen molar-refractivity contribution < 1.29 is 0 Å². The number of aromatic amines is 1. The Morgan fingerprint density at radius 1 is 1.25 bits per heavy atom. The van der Waals surface area contributed by atoms with E-state index in [0.29, 0.717) is 6.42 Å². The van der Waals surface area contributed by atoms with Gasteiger partial charge in [0.25, 0.3) is 5.56 Å². The van der Waals surface area contributed by atoms with Crippen LogP contribution in [-0.2, 0) is 12.8 Å². The van der Waals surface area contributed by atoms with E-state index in [4.69, 9.17) is 0 Å². The van der Waals surface area contributed by atoms with Gasteiger partial charge < -0.3 is 10.3 Å². The minimum Gasteiger partial charge on any atom is -0.370 e. The van der Waals surface area contributed by atoms with E-state index < -0.39 is 0 Å². The van der Waals surface area contributed by atoms with Crippen LogP contribution in [0.4, 0.5) is 5.82 Å². The third kappa shape index (κ3) is 2.46. The first kappa shape index (κ1) is 12.9. The highest BCUT2D eigenvalue weighted by atomic mass is 16.1. The van der Waals surface area contributed by atoms with Crippen molar-refractivity contribution >= 4 is 5.82 Å². The van der Waals surface area contributed by atoms with Gasteiger partial charge >= 0.3 is 0 Å². The van der Waals surface area contributed by atoms with Crippen molar-refractivity contribution in [3.63, 3.8) is 0 Å². The van der Waals surface area contributed by atoms with Gasteiger partial charge in [-0.1, -0.05) is 18.2 Å². The Bertz CT molecular complexity index is 703. The molecule has 2 heterocycles. The fourth-order valence-corrected chi connectivity index (χ4v) is 2.59. The lowest BCUT2D eigenvalue weighted by molar-refractivity contribution is 0.783. The summed E-state index contributed by atoms with van der Waals surface area (Å²) in [4.78, 5) is 19.5. The molecule has 4 heteroatoms. The van der Waals surface area contributed by atoms with E-state index in [0.717, 1.165) is 36.6 Å². The second kappa shape index (κ2) is 5.12. The molecule has 104 valence electrons. The van der Waals surface area contributed by atoms with Gasteiger partial charge in [-0.15, -0.1) is 0 Å². The zero-order chi connectivity index (χ0) is 14.1. The number of benzene rings is 1. The lowest BCUT2D eigenvalue weighted by Gasteiger charge is -2.16. The lowest BCUT2D eigenvalue weighted by atomic mass is 10.0. The van der Waals surface area contributed by atoms with E-state index in [1.807, 2.05) is 0 Å². The Morgan fingerprint density at radius 3 is 2.90 bits per heavy atom. The van der Waals surface area contributed by atoms with Crippen LogP contribution in [0.25, 0.3) is 0 Å². The molecule has 0 aliphatic carbocycles. The standard InChI is InChI=1S/C16H19N3O/c1-10-5-6-12(8-11(10)2)9-14-18-15-13(16(20)19-14)4-3-7-17-15/h5-6,8H,3-4,7,9H2,1-2H3,(H2,17,18,19,20). The van der Waals surface area contributed by atoms with E-state index in [1.54, 1.807) is 0 Å². The quantitative estimate of drug-likeness (QED) is 0.879. The van der Waals surface area contributed by atoms with Gasteiger partial charge in [-0.05, 0) is 43.4 Å². The summed E-state index contributed by atoms with van der Waals surface area (Å²) in [6.45, 7) is 5.10. The summed E-state index contributed by atoms with van der Waals surface area (Å²) in [5.74, 6) is 1.49. The SMILES string of the molecule is Cc1ccc(Cc2nc3c(c(=O)[nH]2)CCCN3)cc1C. The van der Waals surface area contributed by atoms with Crippen LogP contribution in [0.1, 0.15) is 34.5 Å². The highest BCUT2D eigenvalue weighted by Crippen LogP contribution is 2.17. The summed E-state index contributed by atoms with van der Waals surface area (Å²) in [5, 5.41) is 3.22. The normalized spacial score (nSPS) is 13.7. The molecule has 1 aliphatic rings. The van der Waals surface area contributed by atoms with E-state index >= 15 is 0 Å². The molecule has 0 fully saturated rings. The molecule has 0 atom stereocenters. The molecular formula is C16H19N3O. The molecule has 20 heavy (non-hydrogen) atoms. The van der Waals surface area contributed by atoms with Gasteiger partial charge in [0.1, 0.15) is 11.6 Å². The minimum atomic E-state index is 0.000957. The summed E-state index contributed by atoms with van der Waals surface area (Å²) >= 11 is 0. The molecule has 1 aromatic heterocycles. The highest BCUT2D eigenvalue weighted by Gasteiger charge is 2.15. The molecule has 0 saturated heterocycles. The van der Waals surface area contributed by atoms with E-state index in [1.165, 1.54) is 16.7 Å². The van der Waals surface area contributed by atoms with Crippen LogP contribution in [0, 0.1) is 13.8 Å². The smallest absolute Gasteiger partial charge is 0.256 e. The number of fused-ring (bicyclic) bond motifs is 1. The first-order valence-corrected chi connectivity index (χ1v) is 7.05. The van der Waals surface area contributed by atoms with Gasteiger partial charge in [0, 0.05) is 13.0 Å². The number of aromatic nitrogens is 2. The van der Waals surface area contributed by atoms with Crippen LogP contribution in [0.2, 0.25) is 0 Å². The van der Waals surface area contributed by atoms with Gasteiger partial charge in [-0.2, -0.15) is 0 Å². The van der Waals surface area contributed by atoms with Crippen molar-refractivity contribution in [2.24, 2.45) is 0 Å². The van der Waals surface area contributed by atoms with E-state index in [-0.39, 0.29) is 5.56 Å². The Morgan fingerprint density at radius 2 is 2.10 bits per heavy atom. The Kier molecular flexibility index (Phi) is 3.30. The molecule has 1 aromatic carbocycles. The Hall–Kier alpha value is -2.10. The lowest BCUT2D eigenvalue weighted by Crippen LogP contribution is -2.25. The largest absolute Gasteiger partial charge is 0.370 e. The number of nitrogens with one attached hydrogen (secondary N) is 2. The summed E-state index contributed by atoms with van der Waals surface area (Å²) in [6, 6.07) is 6.36. The number of anilines is 1. The second-order valence-corrected chi connectivity index (χ2v) is 5.47. The average Bonchev–Trinajstić information content (AvgIpc) is 2.43. The maximum Gasteiger partial charge on any atom is 0.256 e. The number of hydrogen-bond acceptors (Lipinski definition) is 3. The van der Waals surface area contributed by atoms with Gasteiger partial charge in [-0.25, -0.2) is 4.98 Å². The summed E-state index contributed by atoms with van der Waals surface area (Å²) in [6.07, 6.45) is 2.47. The molecule has 4 nitrogen and oxygen atoms in total. The molecule has 2 aromatic rings. The first-order chi connectivity index (χ1) is 9.63. The third-order valence-electron chi connectivity index (χ3n) is 3.90. The Balaban J connectivity index is 1.93. The number of aryl methyl sites for hydroxylation is 2. The zero-order valence-corrected chi connectivity index (χ0v) is 11.9. The predicted molar refractivity (Wildman–Crippen MR) is 80.4 cm³/mol. The topological polar surface area (TPSA) is 57.8 Å². The highest BCUT2D eigenvalue weighted by molar-refractivity contribution is 5.45. The van der Waals surface area contributed by atoms with Crippen molar-refractivity contribution in [3.05, 3.63) is 56.6 Å². The molecule has 0 unspecified atom stereocenters. The third-order valence-corrected chi connectivity index (χ3v) is 3.90. The maximum absolute atomic E-state index is 12.1. The van der Waals surface area contributed by atoms with Gasteiger partial charge in [0.15, 0.2) is 0 Å². The molecule has 3 rings (SSSR count). The molecule has 2 N–H and O–H groups in total. The van der Waals surface area contributed by atoms with Crippen LogP contribution < -0.4 is 10.9 Å². The number of hydrogen-bond donors (Lipinski definition) is 2. The van der Waals surface area contributed by atoms with E-state index in [2.05, 4.69) is 47.3 Å². The van der Waals surface area contributed by atoms with Crippen molar-refractivity contribution in [2.75, 3.05) is 11.9 Å². The molecule has 1 aliphatic heterocycles. The summed E-state index contributed by atoms with van der Waals surface area (Å²) < 4.78 is 0. The fraction of sp³-hybridized carbons (Fsp3) is 0.375. The van der Waals surface area contributed by atoms with Crippen LogP contribution in [0.15, 0.2) is 23.0 Å².